The molecular formula is C32H34ClN5O2S. The summed E-state index contributed by atoms with van der Waals surface area (Å²) in [6, 6.07) is 23.6. The van der Waals surface area contributed by atoms with Crippen LogP contribution in [0.1, 0.15) is 34.1 Å². The zero-order valence-corrected chi connectivity index (χ0v) is 25.5. The fourth-order valence-electron chi connectivity index (χ4n) is 4.35. The number of amides is 2. The monoisotopic (exact) mass is 587 g/mol. The van der Waals surface area contributed by atoms with Crippen molar-refractivity contribution in [1.82, 2.24) is 14.9 Å². The third-order valence-corrected chi connectivity index (χ3v) is 7.56. The summed E-state index contributed by atoms with van der Waals surface area (Å²) in [7, 11) is 3.92. The molecule has 0 saturated heterocycles. The Morgan fingerprint density at radius 1 is 0.878 bits per heavy atom. The highest BCUT2D eigenvalue weighted by Crippen LogP contribution is 2.28. The summed E-state index contributed by atoms with van der Waals surface area (Å²) in [6.45, 7) is 6.00. The first-order valence-electron chi connectivity index (χ1n) is 13.2. The van der Waals surface area contributed by atoms with Crippen LogP contribution in [0.25, 0.3) is 0 Å². The van der Waals surface area contributed by atoms with Crippen LogP contribution in [0, 0.1) is 20.8 Å². The number of halogens is 1. The molecule has 41 heavy (non-hydrogen) atoms. The molecule has 3 aromatic carbocycles. The van der Waals surface area contributed by atoms with Gasteiger partial charge in [-0.3, -0.25) is 9.59 Å². The second-order valence-electron chi connectivity index (χ2n) is 10.1. The van der Waals surface area contributed by atoms with Crippen LogP contribution in [0.15, 0.2) is 84.0 Å². The van der Waals surface area contributed by atoms with Crippen molar-refractivity contribution in [2.75, 3.05) is 30.1 Å². The van der Waals surface area contributed by atoms with Gasteiger partial charge in [-0.25, -0.2) is 9.97 Å². The Morgan fingerprint density at radius 2 is 1.49 bits per heavy atom. The molecule has 0 spiro atoms. The summed E-state index contributed by atoms with van der Waals surface area (Å²) in [6.07, 6.45) is 0. The maximum atomic E-state index is 14.0. The van der Waals surface area contributed by atoms with Crippen LogP contribution in [0.4, 0.5) is 11.4 Å². The van der Waals surface area contributed by atoms with Crippen molar-refractivity contribution in [3.63, 3.8) is 0 Å². The molecule has 0 fully saturated rings. The standard InChI is InChI=1S/C32H34ClN5O2S/c1-21-6-10-25(11-7-21)30(31(40)36-27-14-16-28(17-15-27)37(4)5)38(19-24-8-12-26(33)13-9-24)29(39)20-41-32-34-22(2)18-23(3)35-32/h6-18,30H,19-20H2,1-5H3,(H,36,40)/t30-/m0/s1. The minimum absolute atomic E-state index is 0.0731. The van der Waals surface area contributed by atoms with E-state index >= 15 is 0 Å². The summed E-state index contributed by atoms with van der Waals surface area (Å²) in [4.78, 5) is 40.5. The molecule has 2 amide bonds. The molecule has 0 unspecified atom stereocenters. The van der Waals surface area contributed by atoms with E-state index in [1.807, 2.05) is 106 Å². The highest BCUT2D eigenvalue weighted by atomic mass is 35.5. The molecule has 0 saturated carbocycles. The van der Waals surface area contributed by atoms with Crippen LogP contribution >= 0.6 is 23.4 Å². The van der Waals surface area contributed by atoms with Crippen molar-refractivity contribution in [1.29, 1.82) is 0 Å². The minimum Gasteiger partial charge on any atom is -0.378 e. The van der Waals surface area contributed by atoms with E-state index in [4.69, 9.17) is 11.6 Å². The van der Waals surface area contributed by atoms with Crippen molar-refractivity contribution in [3.8, 4) is 0 Å². The highest BCUT2D eigenvalue weighted by Gasteiger charge is 2.32. The van der Waals surface area contributed by atoms with Gasteiger partial charge in [0, 0.05) is 48.4 Å². The number of carbonyl (C=O) groups excluding carboxylic acids is 2. The van der Waals surface area contributed by atoms with Gasteiger partial charge in [-0.2, -0.15) is 0 Å². The van der Waals surface area contributed by atoms with Gasteiger partial charge in [-0.05, 0) is 74.4 Å². The second kappa shape index (κ2) is 13.7. The van der Waals surface area contributed by atoms with Crippen LogP contribution in [0.2, 0.25) is 5.02 Å². The summed E-state index contributed by atoms with van der Waals surface area (Å²) in [5.41, 5.74) is 5.97. The summed E-state index contributed by atoms with van der Waals surface area (Å²) < 4.78 is 0. The molecule has 4 aromatic rings. The van der Waals surface area contributed by atoms with E-state index in [1.165, 1.54) is 11.8 Å². The Bertz CT molecular complexity index is 1470. The number of thioether (sulfide) groups is 1. The van der Waals surface area contributed by atoms with Crippen LogP contribution in [0.3, 0.4) is 0 Å². The number of carbonyl (C=O) groups is 2. The average Bonchev–Trinajstić information content (AvgIpc) is 2.93. The van der Waals surface area contributed by atoms with Gasteiger partial charge < -0.3 is 15.1 Å². The van der Waals surface area contributed by atoms with Crippen molar-refractivity contribution < 1.29 is 9.59 Å². The van der Waals surface area contributed by atoms with Crippen LogP contribution < -0.4 is 10.2 Å². The fraction of sp³-hybridized carbons (Fsp3) is 0.250. The Hall–Kier alpha value is -3.88. The maximum Gasteiger partial charge on any atom is 0.251 e. The predicted molar refractivity (Wildman–Crippen MR) is 168 cm³/mol. The Morgan fingerprint density at radius 3 is 2.07 bits per heavy atom. The molecule has 1 atom stereocenters. The number of nitrogens with zero attached hydrogens (tertiary/aromatic N) is 4. The predicted octanol–water partition coefficient (Wildman–Crippen LogP) is 6.62. The van der Waals surface area contributed by atoms with Gasteiger partial charge in [-0.1, -0.05) is 65.3 Å². The Kier molecular flexibility index (Phi) is 10.0. The van der Waals surface area contributed by atoms with E-state index < -0.39 is 6.04 Å². The zero-order valence-electron chi connectivity index (χ0n) is 23.9. The lowest BCUT2D eigenvalue weighted by Crippen LogP contribution is -2.41. The van der Waals surface area contributed by atoms with Gasteiger partial charge in [-0.15, -0.1) is 0 Å². The van der Waals surface area contributed by atoms with Crippen LogP contribution in [0.5, 0.6) is 0 Å². The molecule has 0 radical (unpaired) electrons. The van der Waals surface area contributed by atoms with E-state index in [0.717, 1.165) is 28.2 Å². The van der Waals surface area contributed by atoms with Crippen LogP contribution in [-0.4, -0.2) is 46.5 Å². The first kappa shape index (κ1) is 30.1. The van der Waals surface area contributed by atoms with E-state index in [2.05, 4.69) is 15.3 Å². The lowest BCUT2D eigenvalue weighted by atomic mass is 10.0. The lowest BCUT2D eigenvalue weighted by Gasteiger charge is -2.31. The molecule has 0 aliphatic heterocycles. The van der Waals surface area contributed by atoms with E-state index in [9.17, 15) is 9.59 Å². The van der Waals surface area contributed by atoms with Gasteiger partial charge in [0.15, 0.2) is 5.16 Å². The number of aryl methyl sites for hydroxylation is 3. The van der Waals surface area contributed by atoms with E-state index in [-0.39, 0.29) is 24.1 Å². The summed E-state index contributed by atoms with van der Waals surface area (Å²) in [5.74, 6) is -0.443. The van der Waals surface area contributed by atoms with Crippen molar-refractivity contribution >= 4 is 46.6 Å². The van der Waals surface area contributed by atoms with E-state index in [0.29, 0.717) is 21.4 Å². The van der Waals surface area contributed by atoms with Gasteiger partial charge in [0.25, 0.3) is 5.91 Å². The smallest absolute Gasteiger partial charge is 0.251 e. The lowest BCUT2D eigenvalue weighted by molar-refractivity contribution is -0.137. The number of nitrogens with one attached hydrogen (secondary N) is 1. The Labute approximate surface area is 251 Å². The second-order valence-corrected chi connectivity index (χ2v) is 11.5. The van der Waals surface area contributed by atoms with Gasteiger partial charge in [0.1, 0.15) is 6.04 Å². The molecule has 9 heteroatoms. The molecule has 212 valence electrons. The molecule has 0 aliphatic carbocycles. The zero-order chi connectivity index (χ0) is 29.5. The molecular weight excluding hydrogens is 554 g/mol. The van der Waals surface area contributed by atoms with E-state index in [1.54, 1.807) is 17.0 Å². The van der Waals surface area contributed by atoms with Crippen molar-refractivity contribution in [3.05, 3.63) is 112 Å². The highest BCUT2D eigenvalue weighted by molar-refractivity contribution is 7.99. The maximum absolute atomic E-state index is 14.0. The van der Waals surface area contributed by atoms with Gasteiger partial charge in [0.05, 0.1) is 5.75 Å². The number of hydrogen-bond acceptors (Lipinski definition) is 6. The molecule has 0 bridgehead atoms. The first-order chi connectivity index (χ1) is 19.6. The number of anilines is 2. The van der Waals surface area contributed by atoms with Crippen LogP contribution in [-0.2, 0) is 16.1 Å². The Balaban J connectivity index is 1.69. The van der Waals surface area contributed by atoms with Crippen molar-refractivity contribution in [2.24, 2.45) is 0 Å². The normalized spacial score (nSPS) is 11.6. The molecule has 7 nitrogen and oxygen atoms in total. The molecule has 4 rings (SSSR count). The number of benzene rings is 3. The number of hydrogen-bond donors (Lipinski definition) is 1. The first-order valence-corrected chi connectivity index (χ1v) is 14.6. The molecule has 0 aliphatic rings. The summed E-state index contributed by atoms with van der Waals surface area (Å²) in [5, 5.41) is 4.16. The SMILES string of the molecule is Cc1ccc([C@@H](C(=O)Nc2ccc(N(C)C)cc2)N(Cc2ccc(Cl)cc2)C(=O)CSc2nc(C)cc(C)n2)cc1. The summed E-state index contributed by atoms with van der Waals surface area (Å²) >= 11 is 7.40. The van der Waals surface area contributed by atoms with Crippen molar-refractivity contribution in [2.45, 2.75) is 38.5 Å². The topological polar surface area (TPSA) is 78.4 Å². The van der Waals surface area contributed by atoms with Gasteiger partial charge >= 0.3 is 0 Å². The average molecular weight is 588 g/mol. The number of aromatic nitrogens is 2. The quantitative estimate of drug-likeness (QED) is 0.166. The third kappa shape index (κ3) is 8.31. The fourth-order valence-corrected chi connectivity index (χ4v) is 5.31. The largest absolute Gasteiger partial charge is 0.378 e. The molecule has 1 heterocycles. The molecule has 1 aromatic heterocycles. The van der Waals surface area contributed by atoms with Gasteiger partial charge in [0.2, 0.25) is 5.91 Å². The molecule has 1 N–H and O–H groups in total. The number of rotatable bonds is 10. The minimum atomic E-state index is -0.881. The third-order valence-electron chi connectivity index (χ3n) is 6.48.